The molecule has 2 aromatic carbocycles. The maximum Gasteiger partial charge on any atom is 0.226 e. The fraction of sp³-hybridized carbons (Fsp3) is 0.381. The van der Waals surface area contributed by atoms with Crippen molar-refractivity contribution in [2.45, 2.75) is 31.9 Å². The van der Waals surface area contributed by atoms with E-state index >= 15 is 0 Å². The highest BCUT2D eigenvalue weighted by Gasteiger charge is 2.30. The Balaban J connectivity index is 1.54. The number of hydrogen-bond donors (Lipinski definition) is 2. The monoisotopic (exact) mass is 351 g/mol. The average Bonchev–Trinajstić information content (AvgIpc) is 2.78. The standard InChI is InChI=1S/C21H25N3O2/c1-15(11-16-5-3-2-4-6-16)26-18-7-8-19-20(13-18)24-10-9-22-14-17(24)12-21(25)23-19/h2-8,13,15,17,22H,9-12,14H2,1H3,(H,23,25)/t15-,17?/m0/s1. The van der Waals surface area contributed by atoms with Crippen LogP contribution in [0.5, 0.6) is 5.75 Å². The summed E-state index contributed by atoms with van der Waals surface area (Å²) in [5.74, 6) is 0.925. The molecule has 2 aliphatic rings. The molecule has 2 aliphatic heterocycles. The number of carbonyl (C=O) groups is 1. The first-order valence-corrected chi connectivity index (χ1v) is 9.31. The lowest BCUT2D eigenvalue weighted by Crippen LogP contribution is -2.51. The minimum atomic E-state index is 0.0774. The smallest absolute Gasteiger partial charge is 0.226 e. The first kappa shape index (κ1) is 16.9. The number of carbonyl (C=O) groups excluding carboxylic acids is 1. The number of piperazine rings is 1. The Kier molecular flexibility index (Phi) is 4.80. The first-order valence-electron chi connectivity index (χ1n) is 9.31. The summed E-state index contributed by atoms with van der Waals surface area (Å²) in [5, 5.41) is 6.42. The van der Waals surface area contributed by atoms with E-state index in [0.29, 0.717) is 6.42 Å². The van der Waals surface area contributed by atoms with Crippen LogP contribution in [-0.2, 0) is 11.2 Å². The van der Waals surface area contributed by atoms with Crippen LogP contribution in [0.3, 0.4) is 0 Å². The number of ether oxygens (including phenoxy) is 1. The number of benzene rings is 2. The van der Waals surface area contributed by atoms with Crippen LogP contribution in [0.25, 0.3) is 0 Å². The number of hydrogen-bond acceptors (Lipinski definition) is 4. The zero-order valence-electron chi connectivity index (χ0n) is 15.1. The highest BCUT2D eigenvalue weighted by atomic mass is 16.5. The van der Waals surface area contributed by atoms with Gasteiger partial charge in [-0.1, -0.05) is 30.3 Å². The number of rotatable bonds is 4. The Hall–Kier alpha value is -2.53. The van der Waals surface area contributed by atoms with E-state index < -0.39 is 0 Å². The van der Waals surface area contributed by atoms with Gasteiger partial charge in [0.2, 0.25) is 5.91 Å². The second kappa shape index (κ2) is 7.38. The third-order valence-corrected chi connectivity index (χ3v) is 5.03. The van der Waals surface area contributed by atoms with Gasteiger partial charge in [-0.3, -0.25) is 4.79 Å². The Bertz CT molecular complexity index is 778. The second-order valence-electron chi connectivity index (χ2n) is 7.10. The third-order valence-electron chi connectivity index (χ3n) is 5.03. The molecule has 2 atom stereocenters. The van der Waals surface area contributed by atoms with Gasteiger partial charge in [-0.05, 0) is 24.6 Å². The molecule has 5 nitrogen and oxygen atoms in total. The fourth-order valence-corrected chi connectivity index (χ4v) is 3.82. The fourth-order valence-electron chi connectivity index (χ4n) is 3.82. The molecule has 0 aliphatic carbocycles. The van der Waals surface area contributed by atoms with Gasteiger partial charge in [0.05, 0.1) is 23.5 Å². The molecule has 2 N–H and O–H groups in total. The average molecular weight is 351 g/mol. The van der Waals surface area contributed by atoms with Crippen molar-refractivity contribution >= 4 is 17.3 Å². The molecule has 2 heterocycles. The third kappa shape index (κ3) is 3.68. The second-order valence-corrected chi connectivity index (χ2v) is 7.10. The molecule has 2 aromatic rings. The van der Waals surface area contributed by atoms with Gasteiger partial charge in [0.25, 0.3) is 0 Å². The van der Waals surface area contributed by atoms with E-state index in [1.54, 1.807) is 0 Å². The van der Waals surface area contributed by atoms with Crippen molar-refractivity contribution in [2.75, 3.05) is 29.9 Å². The topological polar surface area (TPSA) is 53.6 Å². The van der Waals surface area contributed by atoms with Crippen LogP contribution in [0, 0.1) is 0 Å². The van der Waals surface area contributed by atoms with Crippen LogP contribution in [0.1, 0.15) is 18.9 Å². The van der Waals surface area contributed by atoms with E-state index in [0.717, 1.165) is 43.2 Å². The summed E-state index contributed by atoms with van der Waals surface area (Å²) in [7, 11) is 0. The van der Waals surface area contributed by atoms with Crippen molar-refractivity contribution in [3.05, 3.63) is 54.1 Å². The quantitative estimate of drug-likeness (QED) is 0.889. The van der Waals surface area contributed by atoms with E-state index in [-0.39, 0.29) is 18.1 Å². The first-order chi connectivity index (χ1) is 12.7. The zero-order valence-corrected chi connectivity index (χ0v) is 15.1. The Morgan fingerprint density at radius 2 is 2.08 bits per heavy atom. The van der Waals surface area contributed by atoms with E-state index in [4.69, 9.17) is 4.74 Å². The van der Waals surface area contributed by atoms with Crippen LogP contribution in [0.4, 0.5) is 11.4 Å². The predicted molar refractivity (Wildman–Crippen MR) is 104 cm³/mol. The minimum absolute atomic E-state index is 0.0774. The van der Waals surface area contributed by atoms with Gasteiger partial charge in [-0.25, -0.2) is 0 Å². The number of fused-ring (bicyclic) bond motifs is 3. The molecular formula is C21H25N3O2. The molecule has 0 aromatic heterocycles. The van der Waals surface area contributed by atoms with Crippen LogP contribution in [0.2, 0.25) is 0 Å². The summed E-state index contributed by atoms with van der Waals surface area (Å²) in [6.07, 6.45) is 1.46. The van der Waals surface area contributed by atoms with E-state index in [1.165, 1.54) is 5.56 Å². The van der Waals surface area contributed by atoms with Crippen LogP contribution >= 0.6 is 0 Å². The molecule has 1 fully saturated rings. The summed E-state index contributed by atoms with van der Waals surface area (Å²) in [6.45, 7) is 4.76. The van der Waals surface area contributed by atoms with Crippen molar-refractivity contribution in [3.63, 3.8) is 0 Å². The van der Waals surface area contributed by atoms with Crippen molar-refractivity contribution in [3.8, 4) is 5.75 Å². The minimum Gasteiger partial charge on any atom is -0.490 e. The summed E-state index contributed by atoms with van der Waals surface area (Å²) < 4.78 is 6.18. The van der Waals surface area contributed by atoms with E-state index in [1.807, 2.05) is 18.2 Å². The van der Waals surface area contributed by atoms with Crippen molar-refractivity contribution in [1.29, 1.82) is 0 Å². The van der Waals surface area contributed by atoms with Gasteiger partial charge in [0.1, 0.15) is 5.75 Å². The molecule has 0 saturated carbocycles. The number of anilines is 2. The molecule has 1 unspecified atom stereocenters. The van der Waals surface area contributed by atoms with Crippen LogP contribution < -0.4 is 20.3 Å². The lowest BCUT2D eigenvalue weighted by molar-refractivity contribution is -0.116. The molecule has 0 spiro atoms. The Morgan fingerprint density at radius 3 is 2.92 bits per heavy atom. The van der Waals surface area contributed by atoms with Gasteiger partial charge in [-0.15, -0.1) is 0 Å². The lowest BCUT2D eigenvalue weighted by Gasteiger charge is -2.36. The highest BCUT2D eigenvalue weighted by molar-refractivity contribution is 5.97. The number of nitrogens with zero attached hydrogens (tertiary/aromatic N) is 1. The molecule has 26 heavy (non-hydrogen) atoms. The van der Waals surface area contributed by atoms with Gasteiger partial charge in [0, 0.05) is 38.5 Å². The zero-order chi connectivity index (χ0) is 17.9. The Morgan fingerprint density at radius 1 is 1.23 bits per heavy atom. The summed E-state index contributed by atoms with van der Waals surface area (Å²) in [5.41, 5.74) is 3.21. The Labute approximate surface area is 154 Å². The highest BCUT2D eigenvalue weighted by Crippen LogP contribution is 2.35. The molecule has 5 heteroatoms. The summed E-state index contributed by atoms with van der Waals surface area (Å²) in [6, 6.07) is 16.6. The van der Waals surface area contributed by atoms with Crippen molar-refractivity contribution < 1.29 is 9.53 Å². The molecule has 4 rings (SSSR count). The summed E-state index contributed by atoms with van der Waals surface area (Å²) >= 11 is 0. The largest absolute Gasteiger partial charge is 0.490 e. The van der Waals surface area contributed by atoms with Gasteiger partial charge < -0.3 is 20.3 Å². The van der Waals surface area contributed by atoms with Gasteiger partial charge in [0.15, 0.2) is 0 Å². The van der Waals surface area contributed by atoms with Crippen LogP contribution in [-0.4, -0.2) is 37.7 Å². The normalized spacial score (nSPS) is 20.4. The molecule has 0 bridgehead atoms. The van der Waals surface area contributed by atoms with Crippen molar-refractivity contribution in [1.82, 2.24) is 5.32 Å². The number of amides is 1. The molecular weight excluding hydrogens is 326 g/mol. The van der Waals surface area contributed by atoms with E-state index in [9.17, 15) is 4.79 Å². The molecule has 0 radical (unpaired) electrons. The molecule has 136 valence electrons. The van der Waals surface area contributed by atoms with Crippen LogP contribution in [0.15, 0.2) is 48.5 Å². The predicted octanol–water partition coefficient (Wildman–Crippen LogP) is 2.82. The van der Waals surface area contributed by atoms with Gasteiger partial charge in [-0.2, -0.15) is 0 Å². The molecule has 1 saturated heterocycles. The number of nitrogens with one attached hydrogen (secondary N) is 2. The maximum absolute atomic E-state index is 12.2. The molecule has 1 amide bonds. The SMILES string of the molecule is C[C@@H](Cc1ccccc1)Oc1ccc2c(c1)N1CCNCC1CC(=O)N2. The van der Waals surface area contributed by atoms with Crippen molar-refractivity contribution in [2.24, 2.45) is 0 Å². The van der Waals surface area contributed by atoms with Gasteiger partial charge >= 0.3 is 0 Å². The maximum atomic E-state index is 12.2. The van der Waals surface area contributed by atoms with E-state index in [2.05, 4.69) is 52.8 Å². The lowest BCUT2D eigenvalue weighted by atomic mass is 10.1. The summed E-state index contributed by atoms with van der Waals surface area (Å²) in [4.78, 5) is 14.5.